The van der Waals surface area contributed by atoms with Gasteiger partial charge < -0.3 is 4.90 Å². The van der Waals surface area contributed by atoms with Gasteiger partial charge in [0.1, 0.15) is 0 Å². The molecule has 0 bridgehead atoms. The van der Waals surface area contributed by atoms with Crippen LogP contribution in [0.1, 0.15) is 18.4 Å². The van der Waals surface area contributed by atoms with E-state index in [-0.39, 0.29) is 0 Å². The summed E-state index contributed by atoms with van der Waals surface area (Å²) in [4.78, 5) is 13.5. The van der Waals surface area contributed by atoms with E-state index in [1.807, 2.05) is 6.07 Å². The summed E-state index contributed by atoms with van der Waals surface area (Å²) in [6, 6.07) is 6.20. The summed E-state index contributed by atoms with van der Waals surface area (Å²) in [5.41, 5.74) is 2.41. The van der Waals surface area contributed by atoms with Crippen LogP contribution in [-0.4, -0.2) is 18.9 Å². The number of hydrogen-bond acceptors (Lipinski definition) is 2. The minimum Gasteiger partial charge on any atom is -0.364 e. The van der Waals surface area contributed by atoms with Gasteiger partial charge in [-0.15, -0.1) is 0 Å². The second-order valence-electron chi connectivity index (χ2n) is 3.99. The molecule has 1 aromatic carbocycles. The number of benzene rings is 1. The second kappa shape index (κ2) is 4.35. The summed E-state index contributed by atoms with van der Waals surface area (Å²) in [5, 5.41) is 0. The van der Waals surface area contributed by atoms with Crippen LogP contribution in [0.3, 0.4) is 0 Å². The summed E-state index contributed by atoms with van der Waals surface area (Å²) >= 11 is 3.45. The zero-order valence-electron chi connectivity index (χ0n) is 8.79. The van der Waals surface area contributed by atoms with Crippen LogP contribution < -0.4 is 4.90 Å². The summed E-state index contributed by atoms with van der Waals surface area (Å²) in [6.07, 6.45) is 1.72. The van der Waals surface area contributed by atoms with Gasteiger partial charge in [-0.1, -0.05) is 15.9 Å². The fourth-order valence-corrected chi connectivity index (χ4v) is 2.49. The molecule has 1 fully saturated rings. The SMILES string of the molecule is Cc1cc(Br)ccc1N1CCCC(=O)C1. The molecule has 0 aliphatic carbocycles. The van der Waals surface area contributed by atoms with Crippen LogP contribution in [0.4, 0.5) is 5.69 Å². The van der Waals surface area contributed by atoms with Crippen LogP contribution in [0, 0.1) is 6.92 Å². The number of ketones is 1. The van der Waals surface area contributed by atoms with E-state index in [0.717, 1.165) is 23.9 Å². The predicted octanol–water partition coefficient (Wildman–Crippen LogP) is 2.93. The summed E-state index contributed by atoms with van der Waals surface area (Å²) in [6.45, 7) is 3.65. The van der Waals surface area contributed by atoms with Gasteiger partial charge in [0.05, 0.1) is 6.54 Å². The normalized spacial score (nSPS) is 16.9. The second-order valence-corrected chi connectivity index (χ2v) is 4.91. The molecule has 0 radical (unpaired) electrons. The fourth-order valence-electron chi connectivity index (χ4n) is 2.02. The Hall–Kier alpha value is -0.830. The number of carbonyl (C=O) groups is 1. The number of piperidine rings is 1. The van der Waals surface area contributed by atoms with Crippen LogP contribution in [0.2, 0.25) is 0 Å². The molecule has 1 aliphatic heterocycles. The standard InChI is InChI=1S/C12H14BrNO/c1-9-7-10(13)4-5-12(9)14-6-2-3-11(15)8-14/h4-5,7H,2-3,6,8H2,1H3. The first-order valence-electron chi connectivity index (χ1n) is 5.19. The van der Waals surface area contributed by atoms with E-state index in [2.05, 4.69) is 39.9 Å². The zero-order valence-corrected chi connectivity index (χ0v) is 10.4. The molecular weight excluding hydrogens is 254 g/mol. The molecule has 0 unspecified atom stereocenters. The number of Topliss-reactive ketones (excluding diaryl/α,β-unsaturated/α-hetero) is 1. The summed E-state index contributed by atoms with van der Waals surface area (Å²) in [7, 11) is 0. The van der Waals surface area contributed by atoms with Gasteiger partial charge in [-0.25, -0.2) is 0 Å². The van der Waals surface area contributed by atoms with Crippen molar-refractivity contribution in [2.75, 3.05) is 18.0 Å². The van der Waals surface area contributed by atoms with Crippen LogP contribution in [0.15, 0.2) is 22.7 Å². The molecule has 0 aromatic heterocycles. The number of aryl methyl sites for hydroxylation is 1. The average Bonchev–Trinajstić information content (AvgIpc) is 2.17. The maximum absolute atomic E-state index is 11.4. The van der Waals surface area contributed by atoms with Crippen LogP contribution in [0.5, 0.6) is 0 Å². The quantitative estimate of drug-likeness (QED) is 0.780. The van der Waals surface area contributed by atoms with Gasteiger partial charge in [-0.05, 0) is 37.1 Å². The first-order chi connectivity index (χ1) is 7.16. The predicted molar refractivity (Wildman–Crippen MR) is 65.3 cm³/mol. The number of nitrogens with zero attached hydrogens (tertiary/aromatic N) is 1. The Balaban J connectivity index is 2.24. The third-order valence-electron chi connectivity index (χ3n) is 2.75. The maximum atomic E-state index is 11.4. The highest BCUT2D eigenvalue weighted by atomic mass is 79.9. The molecule has 1 heterocycles. The lowest BCUT2D eigenvalue weighted by Crippen LogP contribution is -2.35. The van der Waals surface area contributed by atoms with Gasteiger partial charge in [0.2, 0.25) is 0 Å². The number of anilines is 1. The Morgan fingerprint density at radius 3 is 2.87 bits per heavy atom. The monoisotopic (exact) mass is 267 g/mol. The Kier molecular flexibility index (Phi) is 3.10. The molecule has 3 heteroatoms. The number of hydrogen-bond donors (Lipinski definition) is 0. The Morgan fingerprint density at radius 1 is 1.40 bits per heavy atom. The summed E-state index contributed by atoms with van der Waals surface area (Å²) in [5.74, 6) is 0.351. The Morgan fingerprint density at radius 2 is 2.20 bits per heavy atom. The van der Waals surface area contributed by atoms with E-state index >= 15 is 0 Å². The molecule has 0 spiro atoms. The lowest BCUT2D eigenvalue weighted by atomic mass is 10.1. The third-order valence-corrected chi connectivity index (χ3v) is 3.24. The highest BCUT2D eigenvalue weighted by Gasteiger charge is 2.18. The highest BCUT2D eigenvalue weighted by molar-refractivity contribution is 9.10. The smallest absolute Gasteiger partial charge is 0.152 e. The van der Waals surface area contributed by atoms with Crippen LogP contribution >= 0.6 is 15.9 Å². The van der Waals surface area contributed by atoms with E-state index in [9.17, 15) is 4.79 Å². The molecule has 2 rings (SSSR count). The molecule has 0 atom stereocenters. The lowest BCUT2D eigenvalue weighted by Gasteiger charge is -2.29. The molecule has 1 aliphatic rings. The van der Waals surface area contributed by atoms with Gasteiger partial charge in [-0.2, -0.15) is 0 Å². The molecule has 1 saturated heterocycles. The van der Waals surface area contributed by atoms with E-state index in [0.29, 0.717) is 12.3 Å². The zero-order chi connectivity index (χ0) is 10.8. The van der Waals surface area contributed by atoms with Crippen molar-refractivity contribution in [3.05, 3.63) is 28.2 Å². The number of halogens is 1. The molecular formula is C12H14BrNO. The van der Waals surface area contributed by atoms with Crippen molar-refractivity contribution in [3.63, 3.8) is 0 Å². The molecule has 0 saturated carbocycles. The minimum absolute atomic E-state index is 0.351. The highest BCUT2D eigenvalue weighted by Crippen LogP contribution is 2.25. The van der Waals surface area contributed by atoms with Gasteiger partial charge in [0, 0.05) is 23.1 Å². The van der Waals surface area contributed by atoms with Crippen LogP contribution in [0.25, 0.3) is 0 Å². The Labute approximate surface area is 98.4 Å². The Bertz CT molecular complexity index is 389. The van der Waals surface area contributed by atoms with Crippen molar-refractivity contribution in [1.29, 1.82) is 0 Å². The van der Waals surface area contributed by atoms with Gasteiger partial charge >= 0.3 is 0 Å². The molecule has 2 nitrogen and oxygen atoms in total. The van der Waals surface area contributed by atoms with Gasteiger partial charge in [-0.3, -0.25) is 4.79 Å². The molecule has 15 heavy (non-hydrogen) atoms. The fraction of sp³-hybridized carbons (Fsp3) is 0.417. The molecule has 80 valence electrons. The molecule has 0 amide bonds. The van der Waals surface area contributed by atoms with Crippen molar-refractivity contribution >= 4 is 27.4 Å². The topological polar surface area (TPSA) is 20.3 Å². The average molecular weight is 268 g/mol. The first kappa shape index (κ1) is 10.7. The lowest BCUT2D eigenvalue weighted by molar-refractivity contribution is -0.118. The largest absolute Gasteiger partial charge is 0.364 e. The number of carbonyl (C=O) groups excluding carboxylic acids is 1. The van der Waals surface area contributed by atoms with E-state index in [1.54, 1.807) is 0 Å². The van der Waals surface area contributed by atoms with Gasteiger partial charge in [0.15, 0.2) is 5.78 Å². The number of rotatable bonds is 1. The van der Waals surface area contributed by atoms with Crippen molar-refractivity contribution in [2.24, 2.45) is 0 Å². The third kappa shape index (κ3) is 2.40. The van der Waals surface area contributed by atoms with Gasteiger partial charge in [0.25, 0.3) is 0 Å². The van der Waals surface area contributed by atoms with Crippen LogP contribution in [-0.2, 0) is 4.79 Å². The summed E-state index contributed by atoms with van der Waals surface area (Å²) < 4.78 is 1.09. The molecule has 1 aromatic rings. The van der Waals surface area contributed by atoms with E-state index in [1.165, 1.54) is 11.3 Å². The van der Waals surface area contributed by atoms with Crippen molar-refractivity contribution in [1.82, 2.24) is 0 Å². The van der Waals surface area contributed by atoms with Crippen molar-refractivity contribution < 1.29 is 4.79 Å². The van der Waals surface area contributed by atoms with E-state index in [4.69, 9.17) is 0 Å². The molecule has 0 N–H and O–H groups in total. The van der Waals surface area contributed by atoms with E-state index < -0.39 is 0 Å². The van der Waals surface area contributed by atoms with Crippen molar-refractivity contribution in [3.8, 4) is 0 Å². The van der Waals surface area contributed by atoms with Crippen molar-refractivity contribution in [2.45, 2.75) is 19.8 Å². The minimum atomic E-state index is 0.351. The maximum Gasteiger partial charge on any atom is 0.152 e. The first-order valence-corrected chi connectivity index (χ1v) is 5.99.